The second kappa shape index (κ2) is 9.20. The summed E-state index contributed by atoms with van der Waals surface area (Å²) in [4.78, 5) is 18.7. The molecule has 1 amide bonds. The highest BCUT2D eigenvalue weighted by atomic mass is 16.5. The second-order valence-electron chi connectivity index (χ2n) is 7.72. The van der Waals surface area contributed by atoms with Crippen LogP contribution in [0.5, 0.6) is 5.75 Å². The minimum atomic E-state index is -0.00850. The maximum absolute atomic E-state index is 11.7. The molecule has 5 heteroatoms. The largest absolute Gasteiger partial charge is 0.496 e. The summed E-state index contributed by atoms with van der Waals surface area (Å²) in [6.07, 6.45) is 3.90. The molecule has 0 spiro atoms. The first-order valence-corrected chi connectivity index (χ1v) is 10.0. The Labute approximate surface area is 168 Å². The summed E-state index contributed by atoms with van der Waals surface area (Å²) in [5.41, 5.74) is 4.85. The summed E-state index contributed by atoms with van der Waals surface area (Å²) >= 11 is 0. The Kier molecular flexibility index (Phi) is 6.68. The fourth-order valence-corrected chi connectivity index (χ4v) is 4.14. The van der Waals surface area contributed by atoms with Crippen molar-refractivity contribution in [2.75, 3.05) is 20.2 Å². The van der Waals surface area contributed by atoms with E-state index in [0.717, 1.165) is 43.9 Å². The van der Waals surface area contributed by atoms with Crippen LogP contribution in [-0.4, -0.2) is 36.0 Å². The first kappa shape index (κ1) is 20.3. The van der Waals surface area contributed by atoms with E-state index in [0.29, 0.717) is 5.92 Å². The van der Waals surface area contributed by atoms with Crippen LogP contribution >= 0.6 is 0 Å². The lowest BCUT2D eigenvalue weighted by molar-refractivity contribution is -0.120. The number of rotatable bonds is 6. The lowest BCUT2D eigenvalue weighted by Crippen LogP contribution is -2.40. The van der Waals surface area contributed by atoms with Gasteiger partial charge in [0.05, 0.1) is 18.8 Å². The summed E-state index contributed by atoms with van der Waals surface area (Å²) in [7, 11) is 1.72. The molecule has 28 heavy (non-hydrogen) atoms. The molecule has 0 unspecified atom stereocenters. The van der Waals surface area contributed by atoms with E-state index in [9.17, 15) is 4.79 Å². The Morgan fingerprint density at radius 2 is 1.96 bits per heavy atom. The van der Waals surface area contributed by atoms with E-state index >= 15 is 0 Å². The van der Waals surface area contributed by atoms with E-state index in [1.165, 1.54) is 16.7 Å². The van der Waals surface area contributed by atoms with Gasteiger partial charge in [-0.05, 0) is 80.6 Å². The molecule has 0 radical (unpaired) electrons. The molecule has 1 aliphatic heterocycles. The number of nitrogens with one attached hydrogen (secondary N) is 1. The summed E-state index contributed by atoms with van der Waals surface area (Å²) in [6, 6.07) is 10.2. The Morgan fingerprint density at radius 3 is 2.57 bits per heavy atom. The van der Waals surface area contributed by atoms with Crippen molar-refractivity contribution in [2.45, 2.75) is 46.2 Å². The molecule has 0 bridgehead atoms. The fraction of sp³-hybridized carbons (Fsp3) is 0.478. The minimum Gasteiger partial charge on any atom is -0.496 e. The van der Waals surface area contributed by atoms with Crippen LogP contribution in [0.4, 0.5) is 0 Å². The number of ether oxygens (including phenoxy) is 1. The van der Waals surface area contributed by atoms with Crippen molar-refractivity contribution < 1.29 is 9.53 Å². The van der Waals surface area contributed by atoms with Crippen molar-refractivity contribution in [3.05, 3.63) is 58.9 Å². The molecule has 3 rings (SSSR count). The van der Waals surface area contributed by atoms with Crippen molar-refractivity contribution in [1.29, 1.82) is 0 Å². The van der Waals surface area contributed by atoms with E-state index in [-0.39, 0.29) is 11.9 Å². The standard InChI is InChI=1S/C23H31N3O2/c1-16-17(2)22(28-4)9-8-20(16)15-26-13-10-19(11-14-26)23(25-18(3)27)21-7-5-6-12-24-21/h5-9,12,19,23H,10-11,13-15H2,1-4H3,(H,25,27)/t23-/m0/s1. The number of carbonyl (C=O) groups is 1. The quantitative estimate of drug-likeness (QED) is 0.827. The molecule has 1 atom stereocenters. The third-order valence-electron chi connectivity index (χ3n) is 5.93. The number of pyridine rings is 1. The van der Waals surface area contributed by atoms with Gasteiger partial charge in [0.2, 0.25) is 5.91 Å². The van der Waals surface area contributed by atoms with Gasteiger partial charge in [0, 0.05) is 19.7 Å². The van der Waals surface area contributed by atoms with Crippen LogP contribution in [-0.2, 0) is 11.3 Å². The van der Waals surface area contributed by atoms with Crippen LogP contribution in [0.3, 0.4) is 0 Å². The highest BCUT2D eigenvalue weighted by molar-refractivity contribution is 5.73. The number of hydrogen-bond acceptors (Lipinski definition) is 4. The summed E-state index contributed by atoms with van der Waals surface area (Å²) in [6.45, 7) is 8.89. The van der Waals surface area contributed by atoms with Gasteiger partial charge >= 0.3 is 0 Å². The Morgan fingerprint density at radius 1 is 1.21 bits per heavy atom. The second-order valence-corrected chi connectivity index (χ2v) is 7.72. The van der Waals surface area contributed by atoms with E-state index in [1.807, 2.05) is 18.2 Å². The molecule has 1 aromatic carbocycles. The SMILES string of the molecule is COc1ccc(CN2CCC([C@H](NC(C)=O)c3ccccn3)CC2)c(C)c1C. The van der Waals surface area contributed by atoms with Gasteiger partial charge in [-0.1, -0.05) is 12.1 Å². The first-order chi connectivity index (χ1) is 13.5. The molecule has 2 aromatic rings. The number of benzene rings is 1. The predicted octanol–water partition coefficient (Wildman–Crippen LogP) is 3.80. The van der Waals surface area contributed by atoms with Gasteiger partial charge in [-0.2, -0.15) is 0 Å². The zero-order chi connectivity index (χ0) is 20.1. The molecule has 5 nitrogen and oxygen atoms in total. The van der Waals surface area contributed by atoms with Gasteiger partial charge in [0.15, 0.2) is 0 Å². The Balaban J connectivity index is 1.65. The number of methoxy groups -OCH3 is 1. The number of aromatic nitrogens is 1. The van der Waals surface area contributed by atoms with Crippen LogP contribution in [0.15, 0.2) is 36.5 Å². The number of hydrogen-bond donors (Lipinski definition) is 1. The summed E-state index contributed by atoms with van der Waals surface area (Å²) < 4.78 is 5.43. The molecule has 2 heterocycles. The molecular weight excluding hydrogens is 350 g/mol. The monoisotopic (exact) mass is 381 g/mol. The Hall–Kier alpha value is -2.40. The summed E-state index contributed by atoms with van der Waals surface area (Å²) in [5.74, 6) is 1.37. The van der Waals surface area contributed by atoms with Crippen molar-refractivity contribution in [3.8, 4) is 5.75 Å². The first-order valence-electron chi connectivity index (χ1n) is 10.0. The molecular formula is C23H31N3O2. The van der Waals surface area contributed by atoms with E-state index < -0.39 is 0 Å². The van der Waals surface area contributed by atoms with Gasteiger partial charge in [-0.15, -0.1) is 0 Å². The molecule has 0 saturated carbocycles. The molecule has 150 valence electrons. The van der Waals surface area contributed by atoms with Gasteiger partial charge < -0.3 is 10.1 Å². The lowest BCUT2D eigenvalue weighted by atomic mass is 9.87. The van der Waals surface area contributed by atoms with Crippen molar-refractivity contribution >= 4 is 5.91 Å². The van der Waals surface area contributed by atoms with Gasteiger partial charge in [-0.25, -0.2) is 0 Å². The molecule has 1 fully saturated rings. The fourth-order valence-electron chi connectivity index (χ4n) is 4.14. The molecule has 0 aliphatic carbocycles. The smallest absolute Gasteiger partial charge is 0.217 e. The topological polar surface area (TPSA) is 54.5 Å². The summed E-state index contributed by atoms with van der Waals surface area (Å²) in [5, 5.41) is 3.13. The van der Waals surface area contributed by atoms with Crippen molar-refractivity contribution in [1.82, 2.24) is 15.2 Å². The van der Waals surface area contributed by atoms with Crippen molar-refractivity contribution in [2.24, 2.45) is 5.92 Å². The zero-order valence-corrected chi connectivity index (χ0v) is 17.4. The van der Waals surface area contributed by atoms with Crippen molar-refractivity contribution in [3.63, 3.8) is 0 Å². The molecule has 1 aromatic heterocycles. The Bertz CT molecular complexity index is 799. The molecule has 1 N–H and O–H groups in total. The van der Waals surface area contributed by atoms with Crippen LogP contribution in [0.25, 0.3) is 0 Å². The van der Waals surface area contributed by atoms with Crippen LogP contribution < -0.4 is 10.1 Å². The van der Waals surface area contributed by atoms with E-state index in [1.54, 1.807) is 20.2 Å². The molecule has 1 saturated heterocycles. The highest BCUT2D eigenvalue weighted by Gasteiger charge is 2.29. The number of nitrogens with zero attached hydrogens (tertiary/aromatic N) is 2. The average molecular weight is 382 g/mol. The normalized spacial score (nSPS) is 16.6. The number of likely N-dealkylation sites (tertiary alicyclic amines) is 1. The van der Waals surface area contributed by atoms with Gasteiger partial charge in [0.25, 0.3) is 0 Å². The number of carbonyl (C=O) groups excluding carboxylic acids is 1. The van der Waals surface area contributed by atoms with Gasteiger partial charge in [-0.3, -0.25) is 14.7 Å². The van der Waals surface area contributed by atoms with Crippen LogP contribution in [0, 0.1) is 19.8 Å². The maximum atomic E-state index is 11.7. The highest BCUT2D eigenvalue weighted by Crippen LogP contribution is 2.31. The number of piperidine rings is 1. The minimum absolute atomic E-state index is 0.00224. The van der Waals surface area contributed by atoms with Gasteiger partial charge in [0.1, 0.15) is 5.75 Å². The molecule has 1 aliphatic rings. The van der Waals surface area contributed by atoms with E-state index in [4.69, 9.17) is 4.74 Å². The predicted molar refractivity (Wildman–Crippen MR) is 111 cm³/mol. The average Bonchev–Trinajstić information content (AvgIpc) is 2.71. The third kappa shape index (κ3) is 4.71. The number of amides is 1. The van der Waals surface area contributed by atoms with Crippen LogP contribution in [0.1, 0.15) is 48.2 Å². The zero-order valence-electron chi connectivity index (χ0n) is 17.4. The maximum Gasteiger partial charge on any atom is 0.217 e. The van der Waals surface area contributed by atoms with Crippen LogP contribution in [0.2, 0.25) is 0 Å². The third-order valence-corrected chi connectivity index (χ3v) is 5.93. The van der Waals surface area contributed by atoms with E-state index in [2.05, 4.69) is 41.2 Å². The lowest BCUT2D eigenvalue weighted by Gasteiger charge is -2.36.